The summed E-state index contributed by atoms with van der Waals surface area (Å²) >= 11 is 0. The topological polar surface area (TPSA) is 46.7 Å². The number of allylic oxidation sites excluding steroid dienone is 2. The summed E-state index contributed by atoms with van der Waals surface area (Å²) in [5.74, 6) is 1.48. The zero-order valence-corrected chi connectivity index (χ0v) is 13.2. The van der Waals surface area contributed by atoms with Gasteiger partial charge < -0.3 is 4.74 Å². The van der Waals surface area contributed by atoms with Crippen LogP contribution in [0.3, 0.4) is 0 Å². The van der Waals surface area contributed by atoms with Gasteiger partial charge in [0.05, 0.1) is 6.10 Å². The van der Waals surface area contributed by atoms with Crippen LogP contribution in [0.15, 0.2) is 23.8 Å². The molecule has 4 fully saturated rings. The third-order valence-electron chi connectivity index (χ3n) is 7.64. The van der Waals surface area contributed by atoms with Crippen LogP contribution < -0.4 is 0 Å². The Morgan fingerprint density at radius 1 is 1.14 bits per heavy atom. The lowest BCUT2D eigenvalue weighted by Crippen LogP contribution is -2.56. The van der Waals surface area contributed by atoms with Crippen LogP contribution in [0.4, 0.5) is 0 Å². The first-order valence-electron chi connectivity index (χ1n) is 8.57. The van der Waals surface area contributed by atoms with Crippen molar-refractivity contribution in [2.75, 3.05) is 0 Å². The molecular weight excluding hydrogens is 276 g/mol. The van der Waals surface area contributed by atoms with Crippen LogP contribution in [-0.4, -0.2) is 23.3 Å². The number of epoxide rings is 1. The van der Waals surface area contributed by atoms with Crippen LogP contribution in [0, 0.1) is 22.7 Å². The van der Waals surface area contributed by atoms with Gasteiger partial charge in [0, 0.05) is 17.3 Å². The maximum absolute atomic E-state index is 12.4. The van der Waals surface area contributed by atoms with Gasteiger partial charge in [-0.15, -0.1) is 0 Å². The highest BCUT2D eigenvalue weighted by Gasteiger charge is 2.78. The van der Waals surface area contributed by atoms with Crippen LogP contribution in [0.25, 0.3) is 0 Å². The molecular formula is C19H22O3. The van der Waals surface area contributed by atoms with Crippen LogP contribution in [0.1, 0.15) is 46.0 Å². The van der Waals surface area contributed by atoms with E-state index in [-0.39, 0.29) is 28.3 Å². The lowest BCUT2D eigenvalue weighted by molar-refractivity contribution is -0.129. The second-order valence-corrected chi connectivity index (χ2v) is 8.34. The molecule has 3 nitrogen and oxygen atoms in total. The number of ketones is 2. The number of carbonyl (C=O) groups is 2. The summed E-state index contributed by atoms with van der Waals surface area (Å²) in [6.07, 6.45) is 10.5. The van der Waals surface area contributed by atoms with Gasteiger partial charge in [0.15, 0.2) is 5.78 Å². The summed E-state index contributed by atoms with van der Waals surface area (Å²) < 4.78 is 6.37. The van der Waals surface area contributed by atoms with Gasteiger partial charge in [-0.2, -0.15) is 0 Å². The molecule has 1 saturated heterocycles. The number of Topliss-reactive ketones (excluding diaryl/α,β-unsaturated/α-hetero) is 1. The smallest absolute Gasteiger partial charge is 0.178 e. The monoisotopic (exact) mass is 298 g/mol. The highest BCUT2D eigenvalue weighted by Crippen LogP contribution is 2.73. The summed E-state index contributed by atoms with van der Waals surface area (Å²) in [6, 6.07) is 0. The first-order valence-corrected chi connectivity index (χ1v) is 8.57. The summed E-state index contributed by atoms with van der Waals surface area (Å²) in [7, 11) is 0. The Hall–Kier alpha value is -1.22. The highest BCUT2D eigenvalue weighted by molar-refractivity contribution is 6.01. The minimum Gasteiger partial charge on any atom is -0.364 e. The number of rotatable bonds is 0. The molecule has 0 radical (unpaired) electrons. The molecule has 4 aliphatic carbocycles. The van der Waals surface area contributed by atoms with Gasteiger partial charge in [0.25, 0.3) is 0 Å². The van der Waals surface area contributed by atoms with E-state index in [2.05, 4.69) is 19.9 Å². The van der Waals surface area contributed by atoms with Crippen LogP contribution in [-0.2, 0) is 14.3 Å². The van der Waals surface area contributed by atoms with Crippen molar-refractivity contribution in [1.82, 2.24) is 0 Å². The summed E-state index contributed by atoms with van der Waals surface area (Å²) in [5, 5.41) is 0. The predicted molar refractivity (Wildman–Crippen MR) is 81.1 cm³/mol. The molecule has 22 heavy (non-hydrogen) atoms. The minimum absolute atomic E-state index is 0.108. The number of ether oxygens (including phenoxy) is 1. The predicted octanol–water partition coefficient (Wildman–Crippen LogP) is 2.99. The Kier molecular flexibility index (Phi) is 2.19. The largest absolute Gasteiger partial charge is 0.364 e. The zero-order chi connectivity index (χ0) is 15.3. The third kappa shape index (κ3) is 1.22. The third-order valence-corrected chi connectivity index (χ3v) is 7.64. The minimum atomic E-state index is -0.166. The Bertz CT molecular complexity index is 674. The molecule has 3 heteroatoms. The van der Waals surface area contributed by atoms with Crippen molar-refractivity contribution in [3.8, 4) is 0 Å². The van der Waals surface area contributed by atoms with E-state index >= 15 is 0 Å². The van der Waals surface area contributed by atoms with E-state index in [9.17, 15) is 9.59 Å². The Labute approximate surface area is 130 Å². The molecule has 5 rings (SSSR count). The Morgan fingerprint density at radius 3 is 2.73 bits per heavy atom. The van der Waals surface area contributed by atoms with Crippen LogP contribution in [0.5, 0.6) is 0 Å². The fraction of sp³-hybridized carbons (Fsp3) is 0.684. The lowest BCUT2D eigenvalue weighted by Gasteiger charge is -2.53. The van der Waals surface area contributed by atoms with Crippen molar-refractivity contribution in [3.05, 3.63) is 23.8 Å². The molecule has 116 valence electrons. The summed E-state index contributed by atoms with van der Waals surface area (Å²) in [5.41, 5.74) is 0.776. The molecule has 0 aromatic rings. The van der Waals surface area contributed by atoms with E-state index in [1.165, 1.54) is 5.57 Å². The van der Waals surface area contributed by atoms with E-state index < -0.39 is 0 Å². The fourth-order valence-electron chi connectivity index (χ4n) is 6.42. The summed E-state index contributed by atoms with van der Waals surface area (Å²) in [4.78, 5) is 24.2. The molecule has 4 unspecified atom stereocenters. The van der Waals surface area contributed by atoms with E-state index in [0.717, 1.165) is 32.1 Å². The van der Waals surface area contributed by atoms with Crippen LogP contribution in [0.2, 0.25) is 0 Å². The fourth-order valence-corrected chi connectivity index (χ4v) is 6.42. The number of fused-ring (bicyclic) bond motifs is 3. The Morgan fingerprint density at radius 2 is 1.91 bits per heavy atom. The maximum atomic E-state index is 12.4. The second kappa shape index (κ2) is 3.64. The first-order chi connectivity index (χ1) is 10.4. The molecule has 0 amide bonds. The van der Waals surface area contributed by atoms with Gasteiger partial charge in [-0.05, 0) is 56.6 Å². The van der Waals surface area contributed by atoms with E-state index in [1.807, 2.05) is 6.08 Å². The molecule has 0 aromatic carbocycles. The SMILES string of the molecule is CC12C[C@@H]3O[C@]34C(CCC3=CC(=O)C=CC34C)C1CCC2=O. The molecule has 1 heterocycles. The van der Waals surface area contributed by atoms with Gasteiger partial charge in [-0.25, -0.2) is 0 Å². The lowest BCUT2D eigenvalue weighted by atomic mass is 9.48. The molecule has 1 spiro atoms. The quantitative estimate of drug-likeness (QED) is 0.646. The van der Waals surface area contributed by atoms with Gasteiger partial charge in [0.1, 0.15) is 11.4 Å². The maximum Gasteiger partial charge on any atom is 0.178 e. The van der Waals surface area contributed by atoms with E-state index in [4.69, 9.17) is 4.74 Å². The zero-order valence-electron chi connectivity index (χ0n) is 13.2. The molecule has 3 saturated carbocycles. The molecule has 0 N–H and O–H groups in total. The van der Waals surface area contributed by atoms with E-state index in [1.54, 1.807) is 6.08 Å². The number of hydrogen-bond donors (Lipinski definition) is 0. The second-order valence-electron chi connectivity index (χ2n) is 8.34. The number of carbonyl (C=O) groups excluding carboxylic acids is 2. The normalized spacial score (nSPS) is 55.0. The molecule has 5 aliphatic rings. The first kappa shape index (κ1) is 13.2. The highest BCUT2D eigenvalue weighted by atomic mass is 16.6. The van der Waals surface area contributed by atoms with Crippen molar-refractivity contribution in [1.29, 1.82) is 0 Å². The summed E-state index contributed by atoms with van der Waals surface area (Å²) in [6.45, 7) is 4.42. The average Bonchev–Trinajstić information content (AvgIpc) is 3.12. The van der Waals surface area contributed by atoms with Gasteiger partial charge in [-0.1, -0.05) is 18.6 Å². The number of hydrogen-bond acceptors (Lipinski definition) is 3. The molecule has 0 bridgehead atoms. The van der Waals surface area contributed by atoms with Gasteiger partial charge in [0.2, 0.25) is 0 Å². The van der Waals surface area contributed by atoms with Crippen molar-refractivity contribution in [2.24, 2.45) is 22.7 Å². The van der Waals surface area contributed by atoms with Crippen molar-refractivity contribution >= 4 is 11.6 Å². The van der Waals surface area contributed by atoms with Crippen LogP contribution >= 0.6 is 0 Å². The Balaban J connectivity index is 1.63. The van der Waals surface area contributed by atoms with Crippen molar-refractivity contribution < 1.29 is 14.3 Å². The molecule has 0 aromatic heterocycles. The average molecular weight is 298 g/mol. The van der Waals surface area contributed by atoms with Gasteiger partial charge in [-0.3, -0.25) is 9.59 Å². The standard InChI is InChI=1S/C19H22O3/c1-17-10-16-19(22-16)14(13(17)5-6-15(17)21)4-3-11-9-12(20)7-8-18(11,19)2/h7-9,13-14,16H,3-6,10H2,1-2H3/t13?,14?,16-,17?,18?,19+/m0/s1. The van der Waals surface area contributed by atoms with Gasteiger partial charge >= 0.3 is 0 Å². The molecule has 1 aliphatic heterocycles. The van der Waals surface area contributed by atoms with E-state index in [0.29, 0.717) is 17.6 Å². The molecule has 6 atom stereocenters. The van der Waals surface area contributed by atoms with Crippen molar-refractivity contribution in [3.63, 3.8) is 0 Å². The van der Waals surface area contributed by atoms with Crippen molar-refractivity contribution in [2.45, 2.75) is 57.7 Å².